The molecule has 2 rings (SSSR count). The van der Waals surface area contributed by atoms with Gasteiger partial charge >= 0.3 is 0 Å². The van der Waals surface area contributed by atoms with Crippen LogP contribution in [0.2, 0.25) is 0 Å². The maximum atomic E-state index is 13.1. The average molecular weight is 298 g/mol. The zero-order valence-electron chi connectivity index (χ0n) is 11.1. The molecule has 0 saturated heterocycles. The second-order valence-electron chi connectivity index (χ2n) is 4.37. The molecule has 0 saturated carbocycles. The molecular weight excluding hydrogens is 283 g/mol. The Kier molecular flexibility index (Phi) is 3.67. The molecule has 1 aromatic carbocycles. The monoisotopic (exact) mass is 298 g/mol. The highest BCUT2D eigenvalue weighted by Crippen LogP contribution is 2.27. The minimum absolute atomic E-state index is 0.0288. The van der Waals surface area contributed by atoms with E-state index in [1.54, 1.807) is 19.2 Å². The van der Waals surface area contributed by atoms with Gasteiger partial charge in [-0.25, -0.2) is 17.5 Å². The molecule has 6 nitrogen and oxygen atoms in total. The van der Waals surface area contributed by atoms with Gasteiger partial charge in [-0.2, -0.15) is 5.10 Å². The van der Waals surface area contributed by atoms with Crippen LogP contribution in [0.25, 0.3) is 0 Å². The topological polar surface area (TPSA) is 90.0 Å². The fourth-order valence-corrected chi connectivity index (χ4v) is 2.90. The molecule has 0 unspecified atom stereocenters. The molecule has 0 aliphatic rings. The van der Waals surface area contributed by atoms with E-state index in [2.05, 4.69) is 10.4 Å². The zero-order valence-corrected chi connectivity index (χ0v) is 11.9. The minimum atomic E-state index is -3.50. The van der Waals surface area contributed by atoms with Gasteiger partial charge in [-0.05, 0) is 17.7 Å². The first-order chi connectivity index (χ1) is 9.32. The highest BCUT2D eigenvalue weighted by molar-refractivity contribution is 7.91. The van der Waals surface area contributed by atoms with Crippen LogP contribution in [0, 0.1) is 5.82 Å². The van der Waals surface area contributed by atoms with Crippen LogP contribution in [0.5, 0.6) is 0 Å². The third kappa shape index (κ3) is 2.74. The highest BCUT2D eigenvalue weighted by Gasteiger charge is 2.23. The SMILES string of the molecule is CNc1nn(Cc2cccc(F)c2)c(N)c1S(C)(=O)=O. The van der Waals surface area contributed by atoms with Gasteiger partial charge in [-0.3, -0.25) is 0 Å². The number of nitrogens with zero attached hydrogens (tertiary/aromatic N) is 2. The molecule has 0 fully saturated rings. The molecule has 0 bridgehead atoms. The second kappa shape index (κ2) is 5.12. The van der Waals surface area contributed by atoms with Crippen LogP contribution in [-0.4, -0.2) is 31.5 Å². The van der Waals surface area contributed by atoms with Gasteiger partial charge in [0.05, 0.1) is 6.54 Å². The van der Waals surface area contributed by atoms with Crippen LogP contribution < -0.4 is 11.1 Å². The molecule has 1 heterocycles. The van der Waals surface area contributed by atoms with E-state index >= 15 is 0 Å². The molecule has 0 aliphatic heterocycles. The lowest BCUT2D eigenvalue weighted by Gasteiger charge is -2.04. The first kappa shape index (κ1) is 14.3. The van der Waals surface area contributed by atoms with Crippen molar-refractivity contribution >= 4 is 21.5 Å². The third-order valence-corrected chi connectivity index (χ3v) is 3.92. The lowest BCUT2D eigenvalue weighted by Crippen LogP contribution is -2.08. The van der Waals surface area contributed by atoms with Crippen molar-refractivity contribution in [2.45, 2.75) is 11.4 Å². The van der Waals surface area contributed by atoms with Gasteiger partial charge in [0.25, 0.3) is 0 Å². The predicted octanol–water partition coefficient (Wildman–Crippen LogP) is 1.10. The van der Waals surface area contributed by atoms with Crippen LogP contribution in [0.1, 0.15) is 5.56 Å². The Morgan fingerprint density at radius 1 is 1.45 bits per heavy atom. The first-order valence-corrected chi connectivity index (χ1v) is 7.70. The van der Waals surface area contributed by atoms with Crippen molar-refractivity contribution in [3.8, 4) is 0 Å². The molecule has 0 atom stereocenters. The number of nitrogens with one attached hydrogen (secondary N) is 1. The maximum Gasteiger partial charge on any atom is 0.182 e. The fraction of sp³-hybridized carbons (Fsp3) is 0.250. The molecule has 0 spiro atoms. The molecule has 20 heavy (non-hydrogen) atoms. The number of halogens is 1. The van der Waals surface area contributed by atoms with E-state index in [-0.39, 0.29) is 28.9 Å². The Hall–Kier alpha value is -2.09. The third-order valence-electron chi connectivity index (χ3n) is 2.78. The molecule has 0 aliphatic carbocycles. The molecular formula is C12H15FN4O2S. The van der Waals surface area contributed by atoms with E-state index < -0.39 is 9.84 Å². The number of aromatic nitrogens is 2. The normalized spacial score (nSPS) is 11.6. The zero-order chi connectivity index (χ0) is 14.9. The summed E-state index contributed by atoms with van der Waals surface area (Å²) in [7, 11) is -1.94. The quantitative estimate of drug-likeness (QED) is 0.882. The standard InChI is InChI=1S/C12H15FN4O2S/c1-15-12-10(20(2,18)19)11(14)17(16-12)7-8-4-3-5-9(13)6-8/h3-6H,7,14H2,1-2H3,(H,15,16). The van der Waals surface area contributed by atoms with Crippen molar-refractivity contribution in [1.82, 2.24) is 9.78 Å². The summed E-state index contributed by atoms with van der Waals surface area (Å²) in [5.41, 5.74) is 6.48. The van der Waals surface area contributed by atoms with Gasteiger partial charge in [0, 0.05) is 13.3 Å². The summed E-state index contributed by atoms with van der Waals surface area (Å²) >= 11 is 0. The molecule has 3 N–H and O–H groups in total. The number of hydrogen-bond donors (Lipinski definition) is 2. The largest absolute Gasteiger partial charge is 0.383 e. The van der Waals surface area contributed by atoms with Gasteiger partial charge in [-0.1, -0.05) is 12.1 Å². The maximum absolute atomic E-state index is 13.1. The number of anilines is 2. The van der Waals surface area contributed by atoms with E-state index in [1.807, 2.05) is 0 Å². The van der Waals surface area contributed by atoms with E-state index in [0.29, 0.717) is 5.56 Å². The van der Waals surface area contributed by atoms with Crippen LogP contribution in [0.15, 0.2) is 29.2 Å². The number of sulfone groups is 1. The van der Waals surface area contributed by atoms with Crippen molar-refractivity contribution in [2.75, 3.05) is 24.4 Å². The van der Waals surface area contributed by atoms with Crippen molar-refractivity contribution in [3.63, 3.8) is 0 Å². The number of nitrogens with two attached hydrogens (primary N) is 1. The van der Waals surface area contributed by atoms with Crippen molar-refractivity contribution in [1.29, 1.82) is 0 Å². The molecule has 0 amide bonds. The minimum Gasteiger partial charge on any atom is -0.383 e. The second-order valence-corrected chi connectivity index (χ2v) is 6.33. The Labute approximate surface area is 116 Å². The van der Waals surface area contributed by atoms with Crippen LogP contribution in [-0.2, 0) is 16.4 Å². The molecule has 8 heteroatoms. The summed E-state index contributed by atoms with van der Waals surface area (Å²) in [6, 6.07) is 5.96. The summed E-state index contributed by atoms with van der Waals surface area (Å²) in [4.78, 5) is -0.0450. The summed E-state index contributed by atoms with van der Waals surface area (Å²) in [6.45, 7) is 0.188. The molecule has 108 valence electrons. The lowest BCUT2D eigenvalue weighted by molar-refractivity contribution is 0.602. The Bertz CT molecular complexity index is 740. The lowest BCUT2D eigenvalue weighted by atomic mass is 10.2. The number of benzene rings is 1. The summed E-state index contributed by atoms with van der Waals surface area (Å²) in [5, 5.41) is 6.79. The first-order valence-electron chi connectivity index (χ1n) is 5.81. The Morgan fingerprint density at radius 2 is 2.15 bits per heavy atom. The fourth-order valence-electron chi connectivity index (χ4n) is 1.92. The van der Waals surface area contributed by atoms with E-state index in [4.69, 9.17) is 5.73 Å². The predicted molar refractivity (Wildman–Crippen MR) is 74.8 cm³/mol. The number of hydrogen-bond acceptors (Lipinski definition) is 5. The average Bonchev–Trinajstić information content (AvgIpc) is 2.66. The molecule has 1 aromatic heterocycles. The molecule has 0 radical (unpaired) electrons. The summed E-state index contributed by atoms with van der Waals surface area (Å²) < 4.78 is 37.9. The van der Waals surface area contributed by atoms with Crippen molar-refractivity contribution in [2.24, 2.45) is 0 Å². The van der Waals surface area contributed by atoms with E-state index in [1.165, 1.54) is 16.8 Å². The Morgan fingerprint density at radius 3 is 2.65 bits per heavy atom. The van der Waals surface area contributed by atoms with E-state index in [9.17, 15) is 12.8 Å². The summed E-state index contributed by atoms with van der Waals surface area (Å²) in [6.07, 6.45) is 1.06. The van der Waals surface area contributed by atoms with Crippen molar-refractivity contribution in [3.05, 3.63) is 35.6 Å². The highest BCUT2D eigenvalue weighted by atomic mass is 32.2. The van der Waals surface area contributed by atoms with Crippen LogP contribution in [0.4, 0.5) is 16.0 Å². The van der Waals surface area contributed by atoms with Crippen LogP contribution >= 0.6 is 0 Å². The smallest absolute Gasteiger partial charge is 0.182 e. The molecule has 2 aromatic rings. The number of rotatable bonds is 4. The Balaban J connectivity index is 2.46. The van der Waals surface area contributed by atoms with Crippen molar-refractivity contribution < 1.29 is 12.8 Å². The van der Waals surface area contributed by atoms with Crippen LogP contribution in [0.3, 0.4) is 0 Å². The van der Waals surface area contributed by atoms with Gasteiger partial charge < -0.3 is 11.1 Å². The van der Waals surface area contributed by atoms with Gasteiger partial charge in [0.2, 0.25) is 0 Å². The van der Waals surface area contributed by atoms with Gasteiger partial charge in [0.1, 0.15) is 11.6 Å². The van der Waals surface area contributed by atoms with Gasteiger partial charge in [-0.15, -0.1) is 0 Å². The van der Waals surface area contributed by atoms with Gasteiger partial charge in [0.15, 0.2) is 20.6 Å². The number of nitrogen functional groups attached to an aromatic ring is 1. The summed E-state index contributed by atoms with van der Waals surface area (Å²) in [5.74, 6) is -0.159. The van der Waals surface area contributed by atoms with E-state index in [0.717, 1.165) is 6.26 Å².